The molecule has 1 aromatic heterocycles. The van der Waals surface area contributed by atoms with E-state index in [1.165, 1.54) is 0 Å². The third-order valence-corrected chi connectivity index (χ3v) is 3.40. The Balaban J connectivity index is 1.71. The van der Waals surface area contributed by atoms with E-state index in [4.69, 9.17) is 20.9 Å². The zero-order chi connectivity index (χ0) is 16.9. The van der Waals surface area contributed by atoms with Crippen LogP contribution in [0.1, 0.15) is 39.4 Å². The van der Waals surface area contributed by atoms with E-state index in [0.717, 1.165) is 11.5 Å². The molecule has 2 aromatic rings. The lowest BCUT2D eigenvalue weighted by molar-refractivity contribution is -0.116. The van der Waals surface area contributed by atoms with Crippen molar-refractivity contribution in [2.24, 2.45) is 0 Å². The maximum Gasteiger partial charge on any atom is 0.225 e. The largest absolute Gasteiger partial charge is 0.494 e. The van der Waals surface area contributed by atoms with Gasteiger partial charge in [-0.3, -0.25) is 4.79 Å². The molecule has 0 bridgehead atoms. The van der Waals surface area contributed by atoms with Crippen LogP contribution in [-0.4, -0.2) is 17.7 Å². The van der Waals surface area contributed by atoms with Crippen LogP contribution in [0.5, 0.6) is 5.75 Å². The van der Waals surface area contributed by atoms with Crippen LogP contribution in [0.15, 0.2) is 34.9 Å². The Morgan fingerprint density at radius 2 is 2.00 bits per heavy atom. The van der Waals surface area contributed by atoms with Crippen LogP contribution in [0.25, 0.3) is 0 Å². The van der Waals surface area contributed by atoms with Crippen LogP contribution in [0.4, 0.5) is 5.82 Å². The summed E-state index contributed by atoms with van der Waals surface area (Å²) >= 11 is 5.80. The number of aromatic nitrogens is 1. The van der Waals surface area contributed by atoms with Gasteiger partial charge < -0.3 is 14.6 Å². The van der Waals surface area contributed by atoms with Crippen molar-refractivity contribution in [3.05, 3.63) is 41.1 Å². The predicted molar refractivity (Wildman–Crippen MR) is 90.0 cm³/mol. The van der Waals surface area contributed by atoms with Crippen molar-refractivity contribution >= 4 is 23.3 Å². The molecule has 0 aliphatic rings. The molecule has 0 radical (unpaired) electrons. The summed E-state index contributed by atoms with van der Waals surface area (Å²) in [6.45, 7) is 6.52. The number of benzene rings is 1. The number of halogens is 1. The topological polar surface area (TPSA) is 64.4 Å². The molecule has 1 amide bonds. The summed E-state index contributed by atoms with van der Waals surface area (Å²) in [7, 11) is 0. The van der Waals surface area contributed by atoms with Gasteiger partial charge in [-0.15, -0.1) is 0 Å². The molecule has 5 nitrogen and oxygen atoms in total. The first-order valence-corrected chi connectivity index (χ1v) is 7.88. The minimum absolute atomic E-state index is 0.113. The lowest BCUT2D eigenvalue weighted by Crippen LogP contribution is -2.13. The summed E-state index contributed by atoms with van der Waals surface area (Å²) in [4.78, 5) is 11.9. The third kappa shape index (κ3) is 5.60. The maximum absolute atomic E-state index is 11.9. The van der Waals surface area contributed by atoms with Crippen molar-refractivity contribution in [3.8, 4) is 5.75 Å². The second-order valence-electron chi connectivity index (χ2n) is 6.28. The molecule has 0 saturated heterocycles. The van der Waals surface area contributed by atoms with Crippen molar-refractivity contribution in [1.82, 2.24) is 5.16 Å². The van der Waals surface area contributed by atoms with Crippen LogP contribution in [0, 0.1) is 0 Å². The summed E-state index contributed by atoms with van der Waals surface area (Å²) < 4.78 is 10.8. The molecule has 6 heteroatoms. The van der Waals surface area contributed by atoms with Gasteiger partial charge in [-0.1, -0.05) is 37.5 Å². The molecule has 1 heterocycles. The quantitative estimate of drug-likeness (QED) is 0.793. The van der Waals surface area contributed by atoms with Crippen LogP contribution in [0.3, 0.4) is 0 Å². The van der Waals surface area contributed by atoms with Crippen LogP contribution in [-0.2, 0) is 10.2 Å². The van der Waals surface area contributed by atoms with Gasteiger partial charge in [0.05, 0.1) is 6.61 Å². The lowest BCUT2D eigenvalue weighted by Gasteiger charge is -2.12. The zero-order valence-electron chi connectivity index (χ0n) is 13.6. The summed E-state index contributed by atoms with van der Waals surface area (Å²) in [5, 5.41) is 7.25. The molecule has 0 unspecified atom stereocenters. The van der Waals surface area contributed by atoms with Crippen molar-refractivity contribution in [1.29, 1.82) is 0 Å². The molecule has 1 N–H and O–H groups in total. The van der Waals surface area contributed by atoms with Crippen LogP contribution in [0.2, 0.25) is 5.02 Å². The number of nitrogens with zero attached hydrogens (tertiary/aromatic N) is 1. The fraction of sp³-hybridized carbons (Fsp3) is 0.412. The van der Waals surface area contributed by atoms with Crippen LogP contribution < -0.4 is 10.1 Å². The first kappa shape index (κ1) is 17.3. The van der Waals surface area contributed by atoms with Crippen molar-refractivity contribution < 1.29 is 14.1 Å². The SMILES string of the molecule is CC(C)(C)c1cc(NC(=O)CCCOc2ccc(Cl)cc2)no1. The van der Waals surface area contributed by atoms with E-state index >= 15 is 0 Å². The van der Waals surface area contributed by atoms with Gasteiger partial charge in [0.2, 0.25) is 5.91 Å². The minimum atomic E-state index is -0.137. The summed E-state index contributed by atoms with van der Waals surface area (Å²) in [6, 6.07) is 8.88. The molecule has 23 heavy (non-hydrogen) atoms. The number of carbonyl (C=O) groups excluding carboxylic acids is 1. The lowest BCUT2D eigenvalue weighted by atomic mass is 9.93. The van der Waals surface area contributed by atoms with Gasteiger partial charge in [0, 0.05) is 22.9 Å². The zero-order valence-corrected chi connectivity index (χ0v) is 14.3. The fourth-order valence-electron chi connectivity index (χ4n) is 1.85. The van der Waals surface area contributed by atoms with Crippen molar-refractivity contribution in [3.63, 3.8) is 0 Å². The standard InChI is InChI=1S/C17H21ClN2O3/c1-17(2,3)14-11-15(20-23-14)19-16(21)5-4-10-22-13-8-6-12(18)7-9-13/h6-9,11H,4-5,10H2,1-3H3,(H,19,20,21). The molecule has 0 aliphatic carbocycles. The van der Waals surface area contributed by atoms with Gasteiger partial charge in [-0.05, 0) is 30.7 Å². The Bertz CT molecular complexity index is 645. The van der Waals surface area contributed by atoms with E-state index in [2.05, 4.69) is 10.5 Å². The highest BCUT2D eigenvalue weighted by Gasteiger charge is 2.20. The molecule has 0 aliphatic heterocycles. The van der Waals surface area contributed by atoms with Gasteiger partial charge >= 0.3 is 0 Å². The molecule has 124 valence electrons. The Kier molecular flexibility index (Phi) is 5.66. The Labute approximate surface area is 141 Å². The molecule has 1 aromatic carbocycles. The van der Waals surface area contributed by atoms with E-state index in [9.17, 15) is 4.79 Å². The highest BCUT2D eigenvalue weighted by molar-refractivity contribution is 6.30. The van der Waals surface area contributed by atoms with Gasteiger partial charge in [0.15, 0.2) is 5.82 Å². The number of rotatable bonds is 6. The molecule has 0 fully saturated rings. The molecule has 0 saturated carbocycles. The number of amides is 1. The molecule has 0 atom stereocenters. The monoisotopic (exact) mass is 336 g/mol. The van der Waals surface area contributed by atoms with Gasteiger partial charge in [-0.2, -0.15) is 0 Å². The maximum atomic E-state index is 11.9. The summed E-state index contributed by atoms with van der Waals surface area (Å²) in [5.74, 6) is 1.80. The van der Waals surface area contributed by atoms with Gasteiger partial charge in [-0.25, -0.2) is 0 Å². The second kappa shape index (κ2) is 7.51. The number of anilines is 1. The van der Waals surface area contributed by atoms with Crippen molar-refractivity contribution in [2.75, 3.05) is 11.9 Å². The van der Waals surface area contributed by atoms with E-state index in [-0.39, 0.29) is 11.3 Å². The molecule has 0 spiro atoms. The molecular weight excluding hydrogens is 316 g/mol. The van der Waals surface area contributed by atoms with E-state index in [1.807, 2.05) is 20.8 Å². The Morgan fingerprint density at radius 3 is 2.61 bits per heavy atom. The Morgan fingerprint density at radius 1 is 1.30 bits per heavy atom. The summed E-state index contributed by atoms with van der Waals surface area (Å²) in [6.07, 6.45) is 0.962. The Hall–Kier alpha value is -2.01. The number of nitrogens with one attached hydrogen (secondary N) is 1. The number of hydrogen-bond acceptors (Lipinski definition) is 4. The van der Waals surface area contributed by atoms with Crippen molar-refractivity contribution in [2.45, 2.75) is 39.0 Å². The molecular formula is C17H21ClN2O3. The average Bonchev–Trinajstić information content (AvgIpc) is 2.94. The average molecular weight is 337 g/mol. The van der Waals surface area contributed by atoms with Crippen LogP contribution >= 0.6 is 11.6 Å². The first-order chi connectivity index (χ1) is 10.8. The van der Waals surface area contributed by atoms with Gasteiger partial charge in [0.25, 0.3) is 0 Å². The second-order valence-corrected chi connectivity index (χ2v) is 6.72. The van der Waals surface area contributed by atoms with E-state index in [0.29, 0.717) is 30.3 Å². The summed E-state index contributed by atoms with van der Waals surface area (Å²) in [5.41, 5.74) is -0.137. The van der Waals surface area contributed by atoms with Gasteiger partial charge in [0.1, 0.15) is 11.5 Å². The number of ether oxygens (including phenoxy) is 1. The predicted octanol–water partition coefficient (Wildman–Crippen LogP) is 4.42. The molecule has 2 rings (SSSR count). The smallest absolute Gasteiger partial charge is 0.225 e. The van der Waals surface area contributed by atoms with E-state index < -0.39 is 0 Å². The van der Waals surface area contributed by atoms with E-state index in [1.54, 1.807) is 30.3 Å². The highest BCUT2D eigenvalue weighted by Crippen LogP contribution is 2.24. The fourth-order valence-corrected chi connectivity index (χ4v) is 1.97. The first-order valence-electron chi connectivity index (χ1n) is 7.50. The highest BCUT2D eigenvalue weighted by atomic mass is 35.5. The third-order valence-electron chi connectivity index (χ3n) is 3.15. The normalized spacial score (nSPS) is 11.3. The minimum Gasteiger partial charge on any atom is -0.494 e. The number of carbonyl (C=O) groups is 1. The number of hydrogen-bond donors (Lipinski definition) is 1.